The van der Waals surface area contributed by atoms with E-state index < -0.39 is 35.0 Å². The molecular formula is C22H17F2NO5. The van der Waals surface area contributed by atoms with Gasteiger partial charge in [-0.15, -0.1) is 0 Å². The molecule has 0 saturated heterocycles. The molecule has 0 bridgehead atoms. The van der Waals surface area contributed by atoms with Crippen molar-refractivity contribution >= 4 is 11.9 Å². The van der Waals surface area contributed by atoms with Gasteiger partial charge in [0.25, 0.3) is 5.91 Å². The maximum atomic E-state index is 14.6. The smallest absolute Gasteiger partial charge is 0.341 e. The predicted octanol–water partition coefficient (Wildman–Crippen LogP) is 3.76. The maximum Gasteiger partial charge on any atom is 0.341 e. The highest BCUT2D eigenvalue weighted by Gasteiger charge is 2.19. The van der Waals surface area contributed by atoms with E-state index in [9.17, 15) is 28.6 Å². The molecule has 0 aliphatic rings. The van der Waals surface area contributed by atoms with Crippen molar-refractivity contribution in [3.05, 3.63) is 82.9 Å². The van der Waals surface area contributed by atoms with Gasteiger partial charge in [-0.05, 0) is 35.4 Å². The molecule has 30 heavy (non-hydrogen) atoms. The molecule has 0 aromatic heterocycles. The largest absolute Gasteiger partial charge is 0.504 e. The molecule has 3 rings (SSSR count). The van der Waals surface area contributed by atoms with Gasteiger partial charge in [0, 0.05) is 12.1 Å². The number of halogens is 2. The number of phenols is 2. The lowest BCUT2D eigenvalue weighted by atomic mass is 9.98. The third kappa shape index (κ3) is 4.07. The average molecular weight is 413 g/mol. The SMILES string of the molecule is COC(=O)c1c(F)cccc1-c1ccc(CNC(=O)c2cccc(O)c2O)c(F)c1. The molecule has 0 aliphatic carbocycles. The van der Waals surface area contributed by atoms with Gasteiger partial charge in [-0.2, -0.15) is 0 Å². The summed E-state index contributed by atoms with van der Waals surface area (Å²) < 4.78 is 33.3. The van der Waals surface area contributed by atoms with Gasteiger partial charge < -0.3 is 20.3 Å². The van der Waals surface area contributed by atoms with Gasteiger partial charge in [-0.3, -0.25) is 4.79 Å². The number of benzene rings is 3. The van der Waals surface area contributed by atoms with Gasteiger partial charge in [0.05, 0.1) is 12.7 Å². The van der Waals surface area contributed by atoms with Crippen LogP contribution in [0.4, 0.5) is 8.78 Å². The minimum Gasteiger partial charge on any atom is -0.504 e. The summed E-state index contributed by atoms with van der Waals surface area (Å²) in [4.78, 5) is 24.1. The molecule has 0 radical (unpaired) electrons. The van der Waals surface area contributed by atoms with Crippen molar-refractivity contribution in [3.8, 4) is 22.6 Å². The van der Waals surface area contributed by atoms with E-state index in [4.69, 9.17) is 0 Å². The van der Waals surface area contributed by atoms with Crippen molar-refractivity contribution in [3.63, 3.8) is 0 Å². The number of hydrogen-bond acceptors (Lipinski definition) is 5. The molecule has 154 valence electrons. The Morgan fingerprint density at radius 3 is 2.43 bits per heavy atom. The molecule has 0 fully saturated rings. The highest BCUT2D eigenvalue weighted by atomic mass is 19.1. The first-order valence-electron chi connectivity index (χ1n) is 8.78. The zero-order chi connectivity index (χ0) is 21.8. The molecule has 0 unspecified atom stereocenters. The molecule has 3 N–H and O–H groups in total. The molecule has 3 aromatic rings. The number of methoxy groups -OCH3 is 1. The minimum absolute atomic E-state index is 0.128. The second-order valence-electron chi connectivity index (χ2n) is 6.32. The summed E-state index contributed by atoms with van der Waals surface area (Å²) in [6.07, 6.45) is 0. The van der Waals surface area contributed by atoms with Gasteiger partial charge in [0.1, 0.15) is 17.2 Å². The van der Waals surface area contributed by atoms with Crippen LogP contribution >= 0.6 is 0 Å². The van der Waals surface area contributed by atoms with E-state index >= 15 is 0 Å². The van der Waals surface area contributed by atoms with Crippen LogP contribution < -0.4 is 5.32 Å². The minimum atomic E-state index is -0.884. The van der Waals surface area contributed by atoms with Crippen LogP contribution in [-0.4, -0.2) is 29.2 Å². The van der Waals surface area contributed by atoms with Crippen molar-refractivity contribution in [2.75, 3.05) is 7.11 Å². The molecule has 0 saturated carbocycles. The van der Waals surface area contributed by atoms with Gasteiger partial charge in [-0.1, -0.05) is 30.3 Å². The van der Waals surface area contributed by atoms with E-state index in [1.54, 1.807) is 0 Å². The van der Waals surface area contributed by atoms with Crippen LogP contribution in [0.3, 0.4) is 0 Å². The Morgan fingerprint density at radius 1 is 1.00 bits per heavy atom. The lowest BCUT2D eigenvalue weighted by Gasteiger charge is -2.12. The van der Waals surface area contributed by atoms with E-state index in [-0.39, 0.29) is 34.4 Å². The number of nitrogens with one attached hydrogen (secondary N) is 1. The quantitative estimate of drug-likeness (QED) is 0.437. The van der Waals surface area contributed by atoms with Crippen molar-refractivity contribution < 1.29 is 33.3 Å². The Balaban J connectivity index is 1.83. The summed E-state index contributed by atoms with van der Waals surface area (Å²) in [6.45, 7) is -0.201. The molecule has 0 atom stereocenters. The second kappa shape index (κ2) is 8.60. The van der Waals surface area contributed by atoms with Gasteiger partial charge >= 0.3 is 5.97 Å². The van der Waals surface area contributed by atoms with Crippen molar-refractivity contribution in [1.29, 1.82) is 0 Å². The summed E-state index contributed by atoms with van der Waals surface area (Å²) in [5.74, 6) is -4.09. The fraction of sp³-hybridized carbons (Fsp3) is 0.0909. The number of phenolic OH excluding ortho intramolecular Hbond substituents is 2. The van der Waals surface area contributed by atoms with E-state index in [1.807, 2.05) is 0 Å². The molecule has 0 heterocycles. The first kappa shape index (κ1) is 20.8. The van der Waals surface area contributed by atoms with Gasteiger partial charge in [0.2, 0.25) is 0 Å². The van der Waals surface area contributed by atoms with Crippen LogP contribution in [0.15, 0.2) is 54.6 Å². The predicted molar refractivity (Wildman–Crippen MR) is 104 cm³/mol. The van der Waals surface area contributed by atoms with E-state index in [1.165, 1.54) is 42.5 Å². The van der Waals surface area contributed by atoms with Crippen LogP contribution in [0, 0.1) is 11.6 Å². The number of aromatic hydroxyl groups is 2. The molecule has 0 spiro atoms. The number of carbonyl (C=O) groups excluding carboxylic acids is 2. The highest BCUT2D eigenvalue weighted by Crippen LogP contribution is 2.29. The summed E-state index contributed by atoms with van der Waals surface area (Å²) in [5, 5.41) is 21.7. The van der Waals surface area contributed by atoms with Gasteiger partial charge in [-0.25, -0.2) is 13.6 Å². The number of amides is 1. The zero-order valence-electron chi connectivity index (χ0n) is 15.8. The van der Waals surface area contributed by atoms with Crippen LogP contribution in [0.25, 0.3) is 11.1 Å². The molecular weight excluding hydrogens is 396 g/mol. The van der Waals surface area contributed by atoms with Crippen molar-refractivity contribution in [2.45, 2.75) is 6.54 Å². The Bertz CT molecular complexity index is 1130. The first-order chi connectivity index (χ1) is 14.3. The standard InChI is InChI=1S/C22H17F2NO5/c1-30-22(29)19-14(4-2-6-16(19)23)12-8-9-13(17(24)10-12)11-25-21(28)15-5-3-7-18(26)20(15)27/h2-10,26-27H,11H2,1H3,(H,25,28). The Labute approximate surface area is 170 Å². The number of carbonyl (C=O) groups is 2. The lowest BCUT2D eigenvalue weighted by molar-refractivity contribution is 0.0596. The number of ether oxygens (including phenoxy) is 1. The summed E-state index contributed by atoms with van der Waals surface area (Å²) in [5.41, 5.74) is 0.0891. The van der Waals surface area contributed by atoms with Gasteiger partial charge in [0.15, 0.2) is 11.5 Å². The van der Waals surface area contributed by atoms with E-state index in [0.29, 0.717) is 0 Å². The Morgan fingerprint density at radius 2 is 1.73 bits per heavy atom. The van der Waals surface area contributed by atoms with Crippen LogP contribution in [-0.2, 0) is 11.3 Å². The molecule has 1 amide bonds. The first-order valence-corrected chi connectivity index (χ1v) is 8.78. The van der Waals surface area contributed by atoms with Crippen molar-refractivity contribution in [2.24, 2.45) is 0 Å². The molecule has 3 aromatic carbocycles. The number of para-hydroxylation sites is 1. The van der Waals surface area contributed by atoms with Crippen LogP contribution in [0.5, 0.6) is 11.5 Å². The molecule has 0 aliphatic heterocycles. The topological polar surface area (TPSA) is 95.9 Å². The summed E-state index contributed by atoms with van der Waals surface area (Å²) in [7, 11) is 1.12. The maximum absolute atomic E-state index is 14.6. The summed E-state index contributed by atoms with van der Waals surface area (Å²) in [6, 6.07) is 11.9. The normalized spacial score (nSPS) is 10.5. The van der Waals surface area contributed by atoms with Crippen LogP contribution in [0.2, 0.25) is 0 Å². The number of hydrogen-bond donors (Lipinski definition) is 3. The van der Waals surface area contributed by atoms with E-state index in [2.05, 4.69) is 10.1 Å². The van der Waals surface area contributed by atoms with Crippen LogP contribution in [0.1, 0.15) is 26.3 Å². The fourth-order valence-electron chi connectivity index (χ4n) is 2.92. The summed E-state index contributed by atoms with van der Waals surface area (Å²) >= 11 is 0. The third-order valence-corrected chi connectivity index (χ3v) is 4.47. The Kier molecular flexibility index (Phi) is 5.96. The third-order valence-electron chi connectivity index (χ3n) is 4.47. The molecule has 8 heteroatoms. The monoisotopic (exact) mass is 413 g/mol. The second-order valence-corrected chi connectivity index (χ2v) is 6.32. The highest BCUT2D eigenvalue weighted by molar-refractivity contribution is 5.98. The van der Waals surface area contributed by atoms with E-state index in [0.717, 1.165) is 19.2 Å². The average Bonchev–Trinajstić information content (AvgIpc) is 2.73. The fourth-order valence-corrected chi connectivity index (χ4v) is 2.92. The van der Waals surface area contributed by atoms with Crippen molar-refractivity contribution in [1.82, 2.24) is 5.32 Å². The Hall–Kier alpha value is -3.94. The number of rotatable bonds is 5. The molecule has 6 nitrogen and oxygen atoms in total. The lowest BCUT2D eigenvalue weighted by Crippen LogP contribution is -2.23. The zero-order valence-corrected chi connectivity index (χ0v) is 15.8. The number of esters is 1.